The van der Waals surface area contributed by atoms with Gasteiger partial charge in [0.25, 0.3) is 11.8 Å². The molecule has 5 rings (SSSR count). The second kappa shape index (κ2) is 10.7. The fourth-order valence-corrected chi connectivity index (χ4v) is 5.43. The van der Waals surface area contributed by atoms with Crippen LogP contribution in [-0.2, 0) is 12.8 Å². The minimum Gasteiger partial charge on any atom is -0.485 e. The molecule has 0 saturated heterocycles. The number of hydrogen-bond acceptors (Lipinski definition) is 6. The number of nitrogens with one attached hydrogen (secondary N) is 1. The Hall–Kier alpha value is -4.64. The molecule has 5 aromatic rings. The largest absolute Gasteiger partial charge is 0.485 e. The highest BCUT2D eigenvalue weighted by Crippen LogP contribution is 2.44. The van der Waals surface area contributed by atoms with E-state index >= 15 is 0 Å². The number of rotatable bonds is 7. The van der Waals surface area contributed by atoms with Crippen molar-refractivity contribution in [3.63, 3.8) is 0 Å². The molecule has 0 aliphatic rings. The number of aryl methyl sites for hydroxylation is 3. The number of ether oxygens (including phenoxy) is 1. The Morgan fingerprint density at radius 1 is 1.02 bits per heavy atom. The highest BCUT2D eigenvalue weighted by atomic mass is 32.1. The number of thiophene rings is 1. The van der Waals surface area contributed by atoms with Crippen molar-refractivity contribution in [2.75, 3.05) is 5.32 Å². The number of nitrogens with two attached hydrogens (primary N) is 1. The number of carbonyl (C=O) groups is 2. The molecule has 0 bridgehead atoms. The van der Waals surface area contributed by atoms with Crippen LogP contribution in [-0.4, -0.2) is 16.8 Å². The maximum Gasteiger partial charge on any atom is 0.433 e. The zero-order valence-corrected chi connectivity index (χ0v) is 23.0. The second-order valence-electron chi connectivity index (χ2n) is 9.50. The first-order chi connectivity index (χ1) is 19.4. The number of halogens is 3. The van der Waals surface area contributed by atoms with Crippen LogP contribution in [0, 0.1) is 20.8 Å². The summed E-state index contributed by atoms with van der Waals surface area (Å²) in [7, 11) is 0. The molecule has 0 aliphatic heterocycles. The number of benzene rings is 2. The maximum atomic E-state index is 13.7. The maximum absolute atomic E-state index is 13.7. The van der Waals surface area contributed by atoms with Crippen LogP contribution in [0.1, 0.15) is 48.4 Å². The molecule has 0 spiro atoms. The van der Waals surface area contributed by atoms with E-state index in [0.717, 1.165) is 22.8 Å². The van der Waals surface area contributed by atoms with Crippen LogP contribution in [0.25, 0.3) is 21.3 Å². The van der Waals surface area contributed by atoms with Gasteiger partial charge in [-0.2, -0.15) is 13.2 Å². The number of aromatic nitrogens is 1. The molecule has 0 fully saturated rings. The minimum absolute atomic E-state index is 0.0379. The molecule has 2 amide bonds. The van der Waals surface area contributed by atoms with Crippen LogP contribution < -0.4 is 15.8 Å². The molecule has 2 aromatic carbocycles. The average Bonchev–Trinajstić information content (AvgIpc) is 3.53. The summed E-state index contributed by atoms with van der Waals surface area (Å²) in [5.41, 5.74) is 7.80. The lowest BCUT2D eigenvalue weighted by atomic mass is 10.00. The number of hydrogen-bond donors (Lipinski definition) is 2. The molecule has 7 nitrogen and oxygen atoms in total. The van der Waals surface area contributed by atoms with E-state index in [1.807, 2.05) is 39.0 Å². The average molecular weight is 580 g/mol. The quantitative estimate of drug-likeness (QED) is 0.209. The van der Waals surface area contributed by atoms with Gasteiger partial charge in [-0.15, -0.1) is 11.3 Å². The number of fused-ring (bicyclic) bond motifs is 1. The summed E-state index contributed by atoms with van der Waals surface area (Å²) in [4.78, 5) is 29.1. The van der Waals surface area contributed by atoms with Gasteiger partial charge in [0.05, 0.1) is 5.69 Å². The van der Waals surface area contributed by atoms with Crippen LogP contribution >= 0.6 is 11.3 Å². The number of para-hydroxylation sites is 1. The van der Waals surface area contributed by atoms with Crippen molar-refractivity contribution in [1.29, 1.82) is 0 Å². The minimum atomic E-state index is -4.74. The first kappa shape index (κ1) is 27.9. The summed E-state index contributed by atoms with van der Waals surface area (Å²) in [6, 6.07) is 16.5. The van der Waals surface area contributed by atoms with Crippen LogP contribution in [0.5, 0.6) is 5.75 Å². The molecular weight excluding hydrogens is 555 g/mol. The number of primary amides is 1. The third-order valence-electron chi connectivity index (χ3n) is 6.43. The number of anilines is 1. The lowest BCUT2D eigenvalue weighted by Crippen LogP contribution is -2.16. The second-order valence-corrected chi connectivity index (χ2v) is 10.5. The van der Waals surface area contributed by atoms with Crippen molar-refractivity contribution >= 4 is 39.1 Å². The topological polar surface area (TPSA) is 107 Å². The monoisotopic (exact) mass is 579 g/mol. The van der Waals surface area contributed by atoms with Gasteiger partial charge in [0.1, 0.15) is 33.5 Å². The number of amides is 2. The summed E-state index contributed by atoms with van der Waals surface area (Å²) >= 11 is 0.674. The molecule has 3 heterocycles. The molecule has 0 aliphatic carbocycles. The van der Waals surface area contributed by atoms with Gasteiger partial charge in [0.2, 0.25) is 0 Å². The molecule has 210 valence electrons. The molecular formula is C30H24F3N3O4S. The van der Waals surface area contributed by atoms with Gasteiger partial charge in [0.15, 0.2) is 5.76 Å². The lowest BCUT2D eigenvalue weighted by Gasteiger charge is -2.12. The van der Waals surface area contributed by atoms with E-state index in [2.05, 4.69) is 10.3 Å². The van der Waals surface area contributed by atoms with Gasteiger partial charge in [-0.05, 0) is 61.2 Å². The highest BCUT2D eigenvalue weighted by molar-refractivity contribution is 7.21. The van der Waals surface area contributed by atoms with Crippen molar-refractivity contribution in [1.82, 2.24) is 4.98 Å². The van der Waals surface area contributed by atoms with Gasteiger partial charge in [-0.25, -0.2) is 4.98 Å². The summed E-state index contributed by atoms with van der Waals surface area (Å²) in [6.07, 6.45) is -4.74. The zero-order chi connectivity index (χ0) is 29.5. The van der Waals surface area contributed by atoms with Crippen molar-refractivity contribution < 1.29 is 31.9 Å². The van der Waals surface area contributed by atoms with Gasteiger partial charge >= 0.3 is 6.18 Å². The van der Waals surface area contributed by atoms with Gasteiger partial charge < -0.3 is 20.2 Å². The van der Waals surface area contributed by atoms with Crippen LogP contribution in [0.2, 0.25) is 0 Å². The van der Waals surface area contributed by atoms with Crippen molar-refractivity contribution in [3.8, 4) is 16.9 Å². The predicted octanol–water partition coefficient (Wildman–Crippen LogP) is 7.43. The summed E-state index contributed by atoms with van der Waals surface area (Å²) in [6.45, 7) is 5.75. The molecule has 0 radical (unpaired) electrons. The van der Waals surface area contributed by atoms with Crippen LogP contribution in [0.15, 0.2) is 65.1 Å². The fraction of sp³-hybridized carbons (Fsp3) is 0.167. The highest BCUT2D eigenvalue weighted by Gasteiger charge is 2.35. The summed E-state index contributed by atoms with van der Waals surface area (Å²) in [5.74, 6) is -0.647. The van der Waals surface area contributed by atoms with E-state index < -0.39 is 23.7 Å². The Morgan fingerprint density at radius 3 is 2.34 bits per heavy atom. The summed E-state index contributed by atoms with van der Waals surface area (Å²) < 4.78 is 52.8. The molecule has 0 unspecified atom stereocenters. The Kier molecular flexibility index (Phi) is 7.31. The van der Waals surface area contributed by atoms with Crippen LogP contribution in [0.4, 0.5) is 18.9 Å². The van der Waals surface area contributed by atoms with E-state index in [9.17, 15) is 22.8 Å². The fourth-order valence-electron chi connectivity index (χ4n) is 4.42. The van der Waals surface area contributed by atoms with E-state index in [0.29, 0.717) is 28.4 Å². The van der Waals surface area contributed by atoms with Crippen molar-refractivity contribution in [2.24, 2.45) is 5.73 Å². The lowest BCUT2D eigenvalue weighted by molar-refractivity contribution is -0.140. The summed E-state index contributed by atoms with van der Waals surface area (Å²) in [5, 5.41) is 2.80. The molecule has 3 aromatic heterocycles. The zero-order valence-electron chi connectivity index (χ0n) is 22.2. The van der Waals surface area contributed by atoms with Gasteiger partial charge in [-0.1, -0.05) is 48.0 Å². The molecule has 0 saturated carbocycles. The first-order valence-electron chi connectivity index (χ1n) is 12.4. The molecule has 11 heteroatoms. The van der Waals surface area contributed by atoms with Gasteiger partial charge in [-0.3, -0.25) is 9.59 Å². The number of furan rings is 1. The van der Waals surface area contributed by atoms with Crippen LogP contribution in [0.3, 0.4) is 0 Å². The molecule has 41 heavy (non-hydrogen) atoms. The molecule has 3 N–H and O–H groups in total. The first-order valence-corrected chi connectivity index (χ1v) is 13.2. The number of pyridine rings is 1. The number of alkyl halides is 3. The Morgan fingerprint density at radius 2 is 1.71 bits per heavy atom. The van der Waals surface area contributed by atoms with E-state index in [4.69, 9.17) is 14.9 Å². The van der Waals surface area contributed by atoms with Crippen molar-refractivity contribution in [2.45, 2.75) is 33.6 Å². The molecule has 0 atom stereocenters. The number of carbonyl (C=O) groups excluding carboxylic acids is 2. The SMILES string of the molecule is Cc1ccc(-c2cc(C(F)(F)F)nc3sc(C(N)=O)c(NC(=O)c4ccc(COc5c(C)cccc5C)o4)c23)cc1. The normalized spacial score (nSPS) is 11.6. The Balaban J connectivity index is 1.52. The third kappa shape index (κ3) is 5.66. The Labute approximate surface area is 236 Å². The van der Waals surface area contributed by atoms with Crippen molar-refractivity contribution in [3.05, 3.63) is 99.4 Å². The standard InChI is InChI=1S/C30H24F3N3O4S/c1-15-7-9-18(10-8-15)20-13-22(30(31,32)33)35-29-23(20)24(26(41-29)27(34)37)36-28(38)21-12-11-19(40-21)14-39-25-16(2)5-4-6-17(25)3/h4-13H,14H2,1-3H3,(H2,34,37)(H,36,38). The van der Waals surface area contributed by atoms with E-state index in [1.165, 1.54) is 6.07 Å². The third-order valence-corrected chi connectivity index (χ3v) is 7.53. The van der Waals surface area contributed by atoms with E-state index in [1.54, 1.807) is 30.3 Å². The van der Waals surface area contributed by atoms with Gasteiger partial charge in [0, 0.05) is 5.39 Å². The predicted molar refractivity (Wildman–Crippen MR) is 150 cm³/mol. The Bertz CT molecular complexity index is 1770. The van der Waals surface area contributed by atoms with E-state index in [-0.39, 0.29) is 38.7 Å². The number of nitrogens with zero attached hydrogens (tertiary/aromatic N) is 1. The smallest absolute Gasteiger partial charge is 0.433 e.